The number of hydrogen-bond donors (Lipinski definition) is 2. The number of nitrogens with one attached hydrogen (secondary N) is 2. The van der Waals surface area contributed by atoms with Crippen LogP contribution in [0.25, 0.3) is 0 Å². The summed E-state index contributed by atoms with van der Waals surface area (Å²) in [6, 6.07) is 7.52. The topological polar surface area (TPSA) is 59.6 Å². The molecule has 1 amide bonds. The van der Waals surface area contributed by atoms with Crippen LogP contribution in [0.2, 0.25) is 0 Å². The van der Waals surface area contributed by atoms with Crippen LogP contribution in [0.3, 0.4) is 0 Å². The SMILES string of the molecule is COCC1(CNC(=O)c2ccccc2OCC2CC2)CCNCC1. The molecule has 1 heterocycles. The number of piperidine rings is 1. The molecule has 0 aromatic heterocycles. The van der Waals surface area contributed by atoms with Crippen molar-refractivity contribution in [3.63, 3.8) is 0 Å². The summed E-state index contributed by atoms with van der Waals surface area (Å²) in [6.07, 6.45) is 4.51. The maximum absolute atomic E-state index is 12.7. The van der Waals surface area contributed by atoms with E-state index in [4.69, 9.17) is 9.47 Å². The number of carbonyl (C=O) groups is 1. The first-order valence-electron chi connectivity index (χ1n) is 8.92. The Labute approximate surface area is 144 Å². The first kappa shape index (κ1) is 17.2. The van der Waals surface area contributed by atoms with Crippen molar-refractivity contribution >= 4 is 5.91 Å². The van der Waals surface area contributed by atoms with Gasteiger partial charge in [-0.05, 0) is 56.8 Å². The maximum atomic E-state index is 12.7. The molecule has 1 aliphatic carbocycles. The molecule has 0 atom stereocenters. The van der Waals surface area contributed by atoms with E-state index >= 15 is 0 Å². The largest absolute Gasteiger partial charge is 0.492 e. The molecule has 2 aliphatic rings. The van der Waals surface area contributed by atoms with E-state index in [0.29, 0.717) is 37.0 Å². The number of amides is 1. The molecule has 0 bridgehead atoms. The Balaban J connectivity index is 1.61. The van der Waals surface area contributed by atoms with Crippen molar-refractivity contribution in [1.29, 1.82) is 0 Å². The fraction of sp³-hybridized carbons (Fsp3) is 0.632. The second-order valence-electron chi connectivity index (χ2n) is 7.12. The quantitative estimate of drug-likeness (QED) is 0.766. The van der Waals surface area contributed by atoms with Gasteiger partial charge in [0.1, 0.15) is 5.75 Å². The lowest BCUT2D eigenvalue weighted by Crippen LogP contribution is -2.47. The van der Waals surface area contributed by atoms with Gasteiger partial charge >= 0.3 is 0 Å². The second-order valence-corrected chi connectivity index (χ2v) is 7.12. The lowest BCUT2D eigenvalue weighted by atomic mass is 9.79. The van der Waals surface area contributed by atoms with Crippen LogP contribution in [0.15, 0.2) is 24.3 Å². The molecule has 2 fully saturated rings. The second kappa shape index (κ2) is 7.99. The Morgan fingerprint density at radius 1 is 1.29 bits per heavy atom. The summed E-state index contributed by atoms with van der Waals surface area (Å²) in [5.41, 5.74) is 0.652. The number of rotatable bonds is 8. The zero-order valence-electron chi connectivity index (χ0n) is 14.5. The van der Waals surface area contributed by atoms with E-state index in [9.17, 15) is 4.79 Å². The normalized spacial score (nSPS) is 19.7. The highest BCUT2D eigenvalue weighted by Gasteiger charge is 2.33. The molecular formula is C19H28N2O3. The van der Waals surface area contributed by atoms with Gasteiger partial charge in [-0.2, -0.15) is 0 Å². The Morgan fingerprint density at radius 2 is 2.04 bits per heavy atom. The molecule has 1 saturated carbocycles. The summed E-state index contributed by atoms with van der Waals surface area (Å²) < 4.78 is 11.3. The van der Waals surface area contributed by atoms with Crippen LogP contribution in [0.1, 0.15) is 36.0 Å². The van der Waals surface area contributed by atoms with Gasteiger partial charge < -0.3 is 20.1 Å². The molecule has 132 valence electrons. The first-order chi connectivity index (χ1) is 11.7. The van der Waals surface area contributed by atoms with Crippen molar-refractivity contribution in [2.45, 2.75) is 25.7 Å². The summed E-state index contributed by atoms with van der Waals surface area (Å²) in [5, 5.41) is 6.48. The fourth-order valence-corrected chi connectivity index (χ4v) is 3.27. The van der Waals surface area contributed by atoms with E-state index in [1.54, 1.807) is 7.11 Å². The molecule has 0 spiro atoms. The van der Waals surface area contributed by atoms with Gasteiger partial charge in [-0.15, -0.1) is 0 Å². The molecule has 1 aromatic rings. The zero-order valence-corrected chi connectivity index (χ0v) is 14.5. The van der Waals surface area contributed by atoms with Crippen molar-refractivity contribution in [1.82, 2.24) is 10.6 Å². The highest BCUT2D eigenvalue weighted by atomic mass is 16.5. The van der Waals surface area contributed by atoms with Gasteiger partial charge in [0.2, 0.25) is 0 Å². The average Bonchev–Trinajstić information content (AvgIpc) is 3.44. The van der Waals surface area contributed by atoms with Crippen molar-refractivity contribution in [2.24, 2.45) is 11.3 Å². The minimum Gasteiger partial charge on any atom is -0.492 e. The molecule has 3 rings (SSSR count). The smallest absolute Gasteiger partial charge is 0.255 e. The Kier molecular flexibility index (Phi) is 5.74. The third-order valence-electron chi connectivity index (χ3n) is 5.04. The van der Waals surface area contributed by atoms with Crippen molar-refractivity contribution < 1.29 is 14.3 Å². The molecule has 5 heteroatoms. The molecule has 1 aliphatic heterocycles. The van der Waals surface area contributed by atoms with Crippen LogP contribution in [0.4, 0.5) is 0 Å². The number of methoxy groups -OCH3 is 1. The summed E-state index contributed by atoms with van der Waals surface area (Å²) in [7, 11) is 1.73. The predicted molar refractivity (Wildman–Crippen MR) is 93.4 cm³/mol. The summed E-state index contributed by atoms with van der Waals surface area (Å²) in [6.45, 7) is 3.97. The van der Waals surface area contributed by atoms with Crippen molar-refractivity contribution in [2.75, 3.05) is 40.0 Å². The summed E-state index contributed by atoms with van der Waals surface area (Å²) >= 11 is 0. The van der Waals surface area contributed by atoms with Crippen molar-refractivity contribution in [3.05, 3.63) is 29.8 Å². The van der Waals surface area contributed by atoms with Gasteiger partial charge in [0, 0.05) is 19.1 Å². The van der Waals surface area contributed by atoms with E-state index in [2.05, 4.69) is 10.6 Å². The molecule has 5 nitrogen and oxygen atoms in total. The van der Waals surface area contributed by atoms with Crippen LogP contribution in [-0.4, -0.2) is 45.9 Å². The van der Waals surface area contributed by atoms with Crippen LogP contribution < -0.4 is 15.4 Å². The summed E-state index contributed by atoms with van der Waals surface area (Å²) in [5.74, 6) is 1.30. The monoisotopic (exact) mass is 332 g/mol. The van der Waals surface area contributed by atoms with E-state index in [1.807, 2.05) is 24.3 Å². The number of benzene rings is 1. The molecule has 0 radical (unpaired) electrons. The van der Waals surface area contributed by atoms with Crippen molar-refractivity contribution in [3.8, 4) is 5.75 Å². The zero-order chi connectivity index (χ0) is 16.8. The standard InChI is InChI=1S/C19H28N2O3/c1-23-14-19(8-10-20-11-9-19)13-21-18(22)16-4-2-3-5-17(16)24-12-15-6-7-15/h2-5,15,20H,6-14H2,1H3,(H,21,22). The number of para-hydroxylation sites is 1. The molecule has 2 N–H and O–H groups in total. The lowest BCUT2D eigenvalue weighted by molar-refractivity contribution is 0.0511. The van der Waals surface area contributed by atoms with E-state index in [1.165, 1.54) is 12.8 Å². The number of hydrogen-bond acceptors (Lipinski definition) is 4. The summed E-state index contributed by atoms with van der Waals surface area (Å²) in [4.78, 5) is 12.7. The first-order valence-corrected chi connectivity index (χ1v) is 8.92. The van der Waals surface area contributed by atoms with Crippen LogP contribution in [-0.2, 0) is 4.74 Å². The van der Waals surface area contributed by atoms with Gasteiger partial charge in [0.25, 0.3) is 5.91 Å². The lowest BCUT2D eigenvalue weighted by Gasteiger charge is -2.37. The Morgan fingerprint density at radius 3 is 2.75 bits per heavy atom. The average molecular weight is 332 g/mol. The van der Waals surface area contributed by atoms with Crippen LogP contribution in [0, 0.1) is 11.3 Å². The molecule has 0 unspecified atom stereocenters. The molecule has 1 aromatic carbocycles. The highest BCUT2D eigenvalue weighted by Crippen LogP contribution is 2.31. The predicted octanol–water partition coefficient (Wildman–Crippen LogP) is 2.22. The molecular weight excluding hydrogens is 304 g/mol. The minimum absolute atomic E-state index is 0.0273. The van der Waals surface area contributed by atoms with Crippen LogP contribution in [0.5, 0.6) is 5.75 Å². The maximum Gasteiger partial charge on any atom is 0.255 e. The van der Waals surface area contributed by atoms with Crippen LogP contribution >= 0.6 is 0 Å². The fourth-order valence-electron chi connectivity index (χ4n) is 3.27. The van der Waals surface area contributed by atoms with E-state index in [0.717, 1.165) is 25.9 Å². The highest BCUT2D eigenvalue weighted by molar-refractivity contribution is 5.96. The van der Waals surface area contributed by atoms with Gasteiger partial charge in [0.05, 0.1) is 18.8 Å². The van der Waals surface area contributed by atoms with Gasteiger partial charge in [-0.1, -0.05) is 12.1 Å². The van der Waals surface area contributed by atoms with Gasteiger partial charge in [-0.3, -0.25) is 4.79 Å². The van der Waals surface area contributed by atoms with E-state index in [-0.39, 0.29) is 11.3 Å². The molecule has 1 saturated heterocycles. The van der Waals surface area contributed by atoms with Gasteiger partial charge in [0.15, 0.2) is 0 Å². The number of ether oxygens (including phenoxy) is 2. The van der Waals surface area contributed by atoms with E-state index < -0.39 is 0 Å². The van der Waals surface area contributed by atoms with Gasteiger partial charge in [-0.25, -0.2) is 0 Å². The Hall–Kier alpha value is -1.59. The third-order valence-corrected chi connectivity index (χ3v) is 5.04. The Bertz CT molecular complexity index is 546. The number of carbonyl (C=O) groups excluding carboxylic acids is 1. The minimum atomic E-state index is -0.0598. The third kappa shape index (κ3) is 4.48. The molecule has 24 heavy (non-hydrogen) atoms.